The van der Waals surface area contributed by atoms with Gasteiger partial charge in [0, 0.05) is 12.1 Å². The molecule has 2 aliphatic rings. The van der Waals surface area contributed by atoms with Gasteiger partial charge in [0.1, 0.15) is 0 Å². The van der Waals surface area contributed by atoms with Crippen LogP contribution in [0.4, 0.5) is 0 Å². The first-order valence-electron chi connectivity index (χ1n) is 9.57. The molecule has 0 saturated heterocycles. The molecule has 1 aromatic carbocycles. The van der Waals surface area contributed by atoms with Crippen molar-refractivity contribution in [2.24, 2.45) is 10.3 Å². The zero-order valence-corrected chi connectivity index (χ0v) is 15.7. The molecule has 27 heavy (non-hydrogen) atoms. The Morgan fingerprint density at radius 1 is 1.22 bits per heavy atom. The number of hydrogen-bond donors (Lipinski definition) is 2. The zero-order chi connectivity index (χ0) is 19.1. The van der Waals surface area contributed by atoms with Crippen molar-refractivity contribution in [1.82, 2.24) is 10.7 Å². The summed E-state index contributed by atoms with van der Waals surface area (Å²) in [6, 6.07) is 8.30. The quantitative estimate of drug-likeness (QED) is 0.721. The van der Waals surface area contributed by atoms with Crippen molar-refractivity contribution in [2.45, 2.75) is 51.5 Å². The zero-order valence-electron chi connectivity index (χ0n) is 15.7. The Hall–Kier alpha value is -2.70. The highest BCUT2D eigenvalue weighted by Crippen LogP contribution is 2.24. The van der Waals surface area contributed by atoms with Crippen molar-refractivity contribution >= 4 is 11.9 Å². The van der Waals surface area contributed by atoms with Gasteiger partial charge in [-0.1, -0.05) is 29.5 Å². The number of rotatable bonds is 7. The number of carbonyl (C=O) groups excluding carboxylic acids is 2. The summed E-state index contributed by atoms with van der Waals surface area (Å²) in [5.41, 5.74) is 6.56. The fourth-order valence-electron chi connectivity index (χ4n) is 3.35. The van der Waals surface area contributed by atoms with E-state index in [9.17, 15) is 9.59 Å². The maximum Gasteiger partial charge on any atom is 0.335 e. The topological polar surface area (TPSA) is 92.1 Å². The molecule has 144 valence electrons. The molecular formula is C20H26N4O3. The minimum Gasteiger partial charge on any atom is -0.463 e. The van der Waals surface area contributed by atoms with Crippen LogP contribution in [0.5, 0.6) is 0 Å². The van der Waals surface area contributed by atoms with Crippen LogP contribution in [-0.4, -0.2) is 25.0 Å². The number of ether oxygens (including phenoxy) is 1. The Morgan fingerprint density at radius 3 is 2.70 bits per heavy atom. The van der Waals surface area contributed by atoms with Crippen LogP contribution in [0, 0.1) is 0 Å². The normalized spacial score (nSPS) is 18.9. The second-order valence-corrected chi connectivity index (χ2v) is 6.78. The SMILES string of the molecule is CCOC(=O)C1=C(NC(=O)CCc2ccc(C3CN=NN3)cc2)CCCC1. The van der Waals surface area contributed by atoms with Gasteiger partial charge in [-0.2, -0.15) is 5.11 Å². The van der Waals surface area contributed by atoms with Gasteiger partial charge in [0.25, 0.3) is 0 Å². The predicted octanol–water partition coefficient (Wildman–Crippen LogP) is 3.14. The molecule has 2 N–H and O–H groups in total. The van der Waals surface area contributed by atoms with E-state index in [0.29, 0.717) is 38.0 Å². The number of aryl methyl sites for hydroxylation is 1. The lowest BCUT2D eigenvalue weighted by molar-refractivity contribution is -0.138. The third-order valence-corrected chi connectivity index (χ3v) is 4.85. The van der Waals surface area contributed by atoms with Gasteiger partial charge in [-0.25, -0.2) is 4.79 Å². The number of benzene rings is 1. The van der Waals surface area contributed by atoms with Gasteiger partial charge in [-0.05, 0) is 50.2 Å². The maximum absolute atomic E-state index is 12.4. The molecular weight excluding hydrogens is 344 g/mol. The molecule has 1 aliphatic carbocycles. The number of hydrogen-bond acceptors (Lipinski definition) is 6. The van der Waals surface area contributed by atoms with Crippen LogP contribution in [0.1, 0.15) is 56.2 Å². The van der Waals surface area contributed by atoms with Crippen LogP contribution in [0.2, 0.25) is 0 Å². The molecule has 0 saturated carbocycles. The minimum absolute atomic E-state index is 0.0622. The second-order valence-electron chi connectivity index (χ2n) is 6.78. The third kappa shape index (κ3) is 5.15. The number of nitrogens with one attached hydrogen (secondary N) is 2. The van der Waals surface area contributed by atoms with Crippen molar-refractivity contribution in [3.63, 3.8) is 0 Å². The van der Waals surface area contributed by atoms with Crippen LogP contribution < -0.4 is 10.7 Å². The Morgan fingerprint density at radius 2 is 2.00 bits per heavy atom. The second kappa shape index (κ2) is 9.30. The molecule has 1 unspecified atom stereocenters. The lowest BCUT2D eigenvalue weighted by Gasteiger charge is -2.20. The molecule has 0 aromatic heterocycles. The lowest BCUT2D eigenvalue weighted by Crippen LogP contribution is -2.28. The van der Waals surface area contributed by atoms with Crippen LogP contribution in [0.15, 0.2) is 45.9 Å². The third-order valence-electron chi connectivity index (χ3n) is 4.85. The summed E-state index contributed by atoms with van der Waals surface area (Å²) in [5, 5.41) is 10.7. The highest BCUT2D eigenvalue weighted by Gasteiger charge is 2.21. The standard InChI is InChI=1S/C20H26N4O3/c1-2-27-20(26)16-5-3-4-6-17(16)22-19(25)12-9-14-7-10-15(11-8-14)18-13-21-24-23-18/h7-8,10-11,18H,2-6,9,12-13H2,1H3,(H,21,23)(H,22,25). The number of nitrogens with zero attached hydrogens (tertiary/aromatic N) is 2. The van der Waals surface area contributed by atoms with E-state index in [1.165, 1.54) is 0 Å². The summed E-state index contributed by atoms with van der Waals surface area (Å²) in [6.07, 6.45) is 4.36. The van der Waals surface area contributed by atoms with Gasteiger partial charge in [0.05, 0.1) is 24.8 Å². The molecule has 1 amide bonds. The van der Waals surface area contributed by atoms with Gasteiger partial charge < -0.3 is 10.1 Å². The lowest BCUT2D eigenvalue weighted by atomic mass is 9.96. The number of carbonyl (C=O) groups is 2. The van der Waals surface area contributed by atoms with E-state index in [1.807, 2.05) is 24.3 Å². The Balaban J connectivity index is 1.53. The summed E-state index contributed by atoms with van der Waals surface area (Å²) in [7, 11) is 0. The molecule has 0 fully saturated rings. The first-order valence-corrected chi connectivity index (χ1v) is 9.57. The molecule has 0 radical (unpaired) electrons. The van der Waals surface area contributed by atoms with Crippen molar-refractivity contribution in [3.05, 3.63) is 46.7 Å². The largest absolute Gasteiger partial charge is 0.463 e. The summed E-state index contributed by atoms with van der Waals surface area (Å²) >= 11 is 0. The molecule has 1 atom stereocenters. The molecule has 1 aromatic rings. The highest BCUT2D eigenvalue weighted by molar-refractivity contribution is 5.91. The van der Waals surface area contributed by atoms with E-state index >= 15 is 0 Å². The molecule has 7 nitrogen and oxygen atoms in total. The Kier molecular flexibility index (Phi) is 6.57. The van der Waals surface area contributed by atoms with Crippen molar-refractivity contribution in [2.75, 3.05) is 13.2 Å². The van der Waals surface area contributed by atoms with Gasteiger partial charge in [0.2, 0.25) is 5.91 Å². The Labute approximate surface area is 159 Å². The van der Waals surface area contributed by atoms with E-state index in [4.69, 9.17) is 4.74 Å². The van der Waals surface area contributed by atoms with Crippen LogP contribution >= 0.6 is 0 Å². The van der Waals surface area contributed by atoms with Crippen LogP contribution in [0.25, 0.3) is 0 Å². The van der Waals surface area contributed by atoms with E-state index < -0.39 is 0 Å². The fraction of sp³-hybridized carbons (Fsp3) is 0.500. The monoisotopic (exact) mass is 370 g/mol. The first-order chi connectivity index (χ1) is 13.2. The highest BCUT2D eigenvalue weighted by atomic mass is 16.5. The average Bonchev–Trinajstić information content (AvgIpc) is 3.22. The van der Waals surface area contributed by atoms with E-state index in [1.54, 1.807) is 6.92 Å². The molecule has 0 bridgehead atoms. The van der Waals surface area contributed by atoms with Crippen molar-refractivity contribution in [1.29, 1.82) is 0 Å². The number of allylic oxidation sites excluding steroid dienone is 1. The summed E-state index contributed by atoms with van der Waals surface area (Å²) < 4.78 is 5.11. The molecule has 3 rings (SSSR count). The summed E-state index contributed by atoms with van der Waals surface area (Å²) in [4.78, 5) is 24.4. The summed E-state index contributed by atoms with van der Waals surface area (Å²) in [5.74, 6) is -0.366. The molecule has 7 heteroatoms. The van der Waals surface area contributed by atoms with Crippen molar-refractivity contribution < 1.29 is 14.3 Å². The van der Waals surface area contributed by atoms with Gasteiger partial charge in [-0.15, -0.1) is 0 Å². The molecule has 0 spiro atoms. The predicted molar refractivity (Wildman–Crippen MR) is 101 cm³/mol. The first kappa shape index (κ1) is 19.1. The molecule has 1 aliphatic heterocycles. The van der Waals surface area contributed by atoms with E-state index in [2.05, 4.69) is 21.1 Å². The fourth-order valence-corrected chi connectivity index (χ4v) is 3.35. The van der Waals surface area contributed by atoms with E-state index in [-0.39, 0.29) is 17.9 Å². The minimum atomic E-state index is -0.304. The number of amides is 1. The maximum atomic E-state index is 12.4. The van der Waals surface area contributed by atoms with E-state index in [0.717, 1.165) is 36.1 Å². The average molecular weight is 370 g/mol. The van der Waals surface area contributed by atoms with Crippen LogP contribution in [0.3, 0.4) is 0 Å². The van der Waals surface area contributed by atoms with Crippen LogP contribution in [-0.2, 0) is 20.7 Å². The van der Waals surface area contributed by atoms with Gasteiger partial charge >= 0.3 is 5.97 Å². The molecule has 1 heterocycles. The smallest absolute Gasteiger partial charge is 0.335 e. The van der Waals surface area contributed by atoms with Gasteiger partial charge in [-0.3, -0.25) is 10.2 Å². The van der Waals surface area contributed by atoms with Crippen molar-refractivity contribution in [3.8, 4) is 0 Å². The van der Waals surface area contributed by atoms with Gasteiger partial charge in [0.15, 0.2) is 0 Å². The summed E-state index contributed by atoms with van der Waals surface area (Å²) in [6.45, 7) is 2.79. The number of esters is 1. The Bertz CT molecular complexity index is 732.